The molecule has 0 fully saturated rings. The molecule has 0 aliphatic carbocycles. The zero-order chi connectivity index (χ0) is 11.7. The van der Waals surface area contributed by atoms with E-state index in [1.165, 1.54) is 0 Å². The Morgan fingerprint density at radius 1 is 1.12 bits per heavy atom. The first-order valence-electron chi connectivity index (χ1n) is 5.20. The van der Waals surface area contributed by atoms with Gasteiger partial charge in [-0.05, 0) is 12.1 Å². The number of hydrogen-bond acceptors (Lipinski definition) is 5. The Morgan fingerprint density at radius 2 is 2.00 bits per heavy atom. The van der Waals surface area contributed by atoms with Gasteiger partial charge in [0.2, 0.25) is 0 Å². The lowest BCUT2D eigenvalue weighted by Crippen LogP contribution is -2.04. The first-order valence-corrected chi connectivity index (χ1v) is 5.20. The molecule has 0 saturated carbocycles. The van der Waals surface area contributed by atoms with Crippen LogP contribution < -0.4 is 5.73 Å². The van der Waals surface area contributed by atoms with Crippen molar-refractivity contribution in [2.24, 2.45) is 5.73 Å². The van der Waals surface area contributed by atoms with Gasteiger partial charge in [0.05, 0.1) is 23.6 Å². The summed E-state index contributed by atoms with van der Waals surface area (Å²) in [4.78, 5) is 8.44. The third kappa shape index (κ3) is 1.64. The van der Waals surface area contributed by atoms with E-state index >= 15 is 0 Å². The van der Waals surface area contributed by atoms with Crippen LogP contribution in [-0.4, -0.2) is 25.0 Å². The summed E-state index contributed by atoms with van der Waals surface area (Å²) < 4.78 is 1.66. The van der Waals surface area contributed by atoms with Crippen molar-refractivity contribution >= 4 is 11.0 Å². The van der Waals surface area contributed by atoms with Crippen LogP contribution in [-0.2, 0) is 6.54 Å². The maximum atomic E-state index is 5.47. The minimum absolute atomic E-state index is 0.380. The largest absolute Gasteiger partial charge is 0.325 e. The van der Waals surface area contributed by atoms with Crippen LogP contribution in [0.2, 0.25) is 0 Å². The molecule has 0 saturated heterocycles. The van der Waals surface area contributed by atoms with Crippen LogP contribution in [0.5, 0.6) is 0 Å². The number of aromatic nitrogens is 5. The van der Waals surface area contributed by atoms with Gasteiger partial charge in [-0.2, -0.15) is 4.68 Å². The van der Waals surface area contributed by atoms with Crippen LogP contribution in [0.3, 0.4) is 0 Å². The van der Waals surface area contributed by atoms with Crippen LogP contribution in [0.1, 0.15) is 5.69 Å². The number of para-hydroxylation sites is 1. The second-order valence-electron chi connectivity index (χ2n) is 3.56. The first kappa shape index (κ1) is 9.86. The summed E-state index contributed by atoms with van der Waals surface area (Å²) in [6.07, 6.45) is 3.29. The lowest BCUT2D eigenvalue weighted by molar-refractivity contribution is 0.789. The third-order valence-corrected chi connectivity index (χ3v) is 2.47. The van der Waals surface area contributed by atoms with E-state index in [-0.39, 0.29) is 0 Å². The molecule has 6 heteroatoms. The fourth-order valence-corrected chi connectivity index (χ4v) is 1.60. The van der Waals surface area contributed by atoms with Crippen molar-refractivity contribution in [3.05, 3.63) is 42.4 Å². The minimum Gasteiger partial charge on any atom is -0.325 e. The number of nitrogens with zero attached hydrogens (tertiary/aromatic N) is 5. The maximum Gasteiger partial charge on any atom is 0.174 e. The molecule has 0 aliphatic heterocycles. The van der Waals surface area contributed by atoms with Gasteiger partial charge in [0.1, 0.15) is 5.52 Å². The van der Waals surface area contributed by atoms with Gasteiger partial charge in [0.25, 0.3) is 0 Å². The summed E-state index contributed by atoms with van der Waals surface area (Å²) in [7, 11) is 0. The monoisotopic (exact) mass is 226 g/mol. The maximum absolute atomic E-state index is 5.47. The first-order chi connectivity index (χ1) is 8.38. The number of rotatable bonds is 2. The van der Waals surface area contributed by atoms with Gasteiger partial charge >= 0.3 is 0 Å². The fraction of sp³-hybridized carbons (Fsp3) is 0.0909. The van der Waals surface area contributed by atoms with Gasteiger partial charge in [0, 0.05) is 6.54 Å². The molecule has 2 heterocycles. The van der Waals surface area contributed by atoms with Gasteiger partial charge in [-0.25, -0.2) is 4.98 Å². The van der Waals surface area contributed by atoms with Crippen LogP contribution in [0, 0.1) is 0 Å². The van der Waals surface area contributed by atoms with Gasteiger partial charge in [-0.1, -0.05) is 17.3 Å². The lowest BCUT2D eigenvalue weighted by Gasteiger charge is -2.01. The van der Waals surface area contributed by atoms with Crippen LogP contribution in [0.4, 0.5) is 0 Å². The van der Waals surface area contributed by atoms with E-state index in [4.69, 9.17) is 5.73 Å². The molecule has 6 nitrogen and oxygen atoms in total. The Hall–Kier alpha value is -2.34. The second kappa shape index (κ2) is 3.91. The Morgan fingerprint density at radius 3 is 2.76 bits per heavy atom. The molecule has 0 bridgehead atoms. The summed E-state index contributed by atoms with van der Waals surface area (Å²) in [6, 6.07) is 7.70. The summed E-state index contributed by atoms with van der Waals surface area (Å²) >= 11 is 0. The lowest BCUT2D eigenvalue weighted by atomic mass is 10.3. The molecule has 2 aromatic heterocycles. The van der Waals surface area contributed by atoms with Gasteiger partial charge < -0.3 is 5.73 Å². The summed E-state index contributed by atoms with van der Waals surface area (Å²) in [5.74, 6) is 0.635. The van der Waals surface area contributed by atoms with E-state index in [1.807, 2.05) is 24.3 Å². The van der Waals surface area contributed by atoms with Crippen molar-refractivity contribution in [2.75, 3.05) is 0 Å². The Balaban J connectivity index is 2.13. The Kier molecular flexibility index (Phi) is 2.27. The molecule has 0 unspecified atom stereocenters. The molecular formula is C11H10N6. The highest BCUT2D eigenvalue weighted by molar-refractivity contribution is 5.75. The number of hydrogen-bond donors (Lipinski definition) is 1. The van der Waals surface area contributed by atoms with Crippen LogP contribution >= 0.6 is 0 Å². The van der Waals surface area contributed by atoms with Gasteiger partial charge in [0.15, 0.2) is 5.82 Å². The number of nitrogens with two attached hydrogens (primary N) is 1. The van der Waals surface area contributed by atoms with Crippen LogP contribution in [0.25, 0.3) is 16.9 Å². The average Bonchev–Trinajstić information content (AvgIpc) is 2.83. The van der Waals surface area contributed by atoms with E-state index < -0.39 is 0 Å². The molecule has 0 radical (unpaired) electrons. The SMILES string of the molecule is NCc1cnc(-n2nnc3ccccc32)cn1. The van der Waals surface area contributed by atoms with Gasteiger partial charge in [-0.3, -0.25) is 4.98 Å². The van der Waals surface area contributed by atoms with Crippen molar-refractivity contribution in [2.45, 2.75) is 6.54 Å². The normalized spacial score (nSPS) is 10.9. The van der Waals surface area contributed by atoms with Crippen molar-refractivity contribution in [3.8, 4) is 5.82 Å². The average molecular weight is 226 g/mol. The summed E-state index contributed by atoms with van der Waals surface area (Å²) in [5.41, 5.74) is 7.96. The standard InChI is InChI=1S/C11H10N6/c12-5-8-6-14-11(7-13-8)17-10-4-2-1-3-9(10)15-16-17/h1-4,6-7H,5,12H2. The minimum atomic E-state index is 0.380. The quantitative estimate of drug-likeness (QED) is 0.694. The van der Waals surface area contributed by atoms with Crippen molar-refractivity contribution in [3.63, 3.8) is 0 Å². The molecule has 0 aliphatic rings. The van der Waals surface area contributed by atoms with Gasteiger partial charge in [-0.15, -0.1) is 5.10 Å². The molecule has 2 N–H and O–H groups in total. The van der Waals surface area contributed by atoms with Crippen molar-refractivity contribution < 1.29 is 0 Å². The van der Waals surface area contributed by atoms with E-state index in [2.05, 4.69) is 20.3 Å². The predicted molar refractivity (Wildman–Crippen MR) is 62.3 cm³/mol. The highest BCUT2D eigenvalue weighted by Crippen LogP contribution is 2.13. The molecule has 0 spiro atoms. The second-order valence-corrected chi connectivity index (χ2v) is 3.56. The zero-order valence-electron chi connectivity index (χ0n) is 8.98. The highest BCUT2D eigenvalue weighted by atomic mass is 15.4. The molecule has 84 valence electrons. The van der Waals surface area contributed by atoms with Crippen molar-refractivity contribution in [1.29, 1.82) is 0 Å². The fourth-order valence-electron chi connectivity index (χ4n) is 1.60. The van der Waals surface area contributed by atoms with Crippen molar-refractivity contribution in [1.82, 2.24) is 25.0 Å². The van der Waals surface area contributed by atoms with E-state index in [9.17, 15) is 0 Å². The van der Waals surface area contributed by atoms with E-state index in [0.717, 1.165) is 16.7 Å². The van der Waals surface area contributed by atoms with E-state index in [1.54, 1.807) is 17.1 Å². The smallest absolute Gasteiger partial charge is 0.174 e. The molecule has 0 atom stereocenters. The summed E-state index contributed by atoms with van der Waals surface area (Å²) in [6.45, 7) is 0.380. The molecule has 3 rings (SSSR count). The third-order valence-electron chi connectivity index (χ3n) is 2.47. The molecule has 0 amide bonds. The topological polar surface area (TPSA) is 82.5 Å². The molecule has 17 heavy (non-hydrogen) atoms. The highest BCUT2D eigenvalue weighted by Gasteiger charge is 2.06. The Bertz CT molecular complexity index is 642. The molecule has 1 aromatic carbocycles. The zero-order valence-corrected chi connectivity index (χ0v) is 8.98. The Labute approximate surface area is 97.1 Å². The molecular weight excluding hydrogens is 216 g/mol. The molecule has 3 aromatic rings. The van der Waals surface area contributed by atoms with E-state index in [0.29, 0.717) is 12.4 Å². The van der Waals surface area contributed by atoms with Crippen LogP contribution in [0.15, 0.2) is 36.7 Å². The number of fused-ring (bicyclic) bond motifs is 1. The summed E-state index contributed by atoms with van der Waals surface area (Å²) in [5, 5.41) is 8.11. The predicted octanol–water partition coefficient (Wildman–Crippen LogP) is 0.669. The number of benzene rings is 1.